The minimum atomic E-state index is -0.0543. The number of aryl methyl sites for hydroxylation is 1. The molecule has 0 unspecified atom stereocenters. The maximum Gasteiger partial charge on any atom is 0.141 e. The molecule has 3 heterocycles. The fourth-order valence-corrected chi connectivity index (χ4v) is 3.23. The Morgan fingerprint density at radius 2 is 2.17 bits per heavy atom. The molecule has 1 aliphatic heterocycles. The van der Waals surface area contributed by atoms with Crippen LogP contribution in [0.2, 0.25) is 0 Å². The van der Waals surface area contributed by atoms with Crippen LogP contribution in [0.3, 0.4) is 0 Å². The molecule has 1 fully saturated rings. The van der Waals surface area contributed by atoms with Crippen LogP contribution in [0.15, 0.2) is 18.7 Å². The summed E-state index contributed by atoms with van der Waals surface area (Å²) in [5.41, 5.74) is 1.13. The summed E-state index contributed by atoms with van der Waals surface area (Å²) in [5.74, 6) is 1.43. The molecule has 2 aromatic rings. The van der Waals surface area contributed by atoms with Gasteiger partial charge in [0.2, 0.25) is 0 Å². The van der Waals surface area contributed by atoms with Gasteiger partial charge < -0.3 is 10.1 Å². The van der Waals surface area contributed by atoms with Gasteiger partial charge in [-0.2, -0.15) is 10.2 Å². The Bertz CT molecular complexity index is 656. The Labute approximate surface area is 143 Å². The van der Waals surface area contributed by atoms with Gasteiger partial charge in [0.15, 0.2) is 0 Å². The van der Waals surface area contributed by atoms with Gasteiger partial charge in [-0.05, 0) is 34.1 Å². The van der Waals surface area contributed by atoms with Crippen molar-refractivity contribution < 1.29 is 4.74 Å². The van der Waals surface area contributed by atoms with E-state index in [2.05, 4.69) is 54.4 Å². The van der Waals surface area contributed by atoms with E-state index in [9.17, 15) is 0 Å². The lowest BCUT2D eigenvalue weighted by Crippen LogP contribution is -2.30. The minimum absolute atomic E-state index is 0.0543. The van der Waals surface area contributed by atoms with Gasteiger partial charge in [0, 0.05) is 37.4 Å². The van der Waals surface area contributed by atoms with Crippen LogP contribution in [0.25, 0.3) is 0 Å². The maximum atomic E-state index is 5.95. The van der Waals surface area contributed by atoms with Gasteiger partial charge in [0.25, 0.3) is 0 Å². The average Bonchev–Trinajstić information content (AvgIpc) is 3.26. The summed E-state index contributed by atoms with van der Waals surface area (Å²) < 4.78 is 9.88. The van der Waals surface area contributed by atoms with Gasteiger partial charge >= 0.3 is 0 Å². The topological polar surface area (TPSA) is 69.8 Å². The van der Waals surface area contributed by atoms with Crippen LogP contribution >= 0.6 is 0 Å². The lowest BCUT2D eigenvalue weighted by atomic mass is 9.97. The van der Waals surface area contributed by atoms with Crippen LogP contribution < -0.4 is 5.32 Å². The highest BCUT2D eigenvalue weighted by atomic mass is 16.5. The largest absolute Gasteiger partial charge is 0.373 e. The first-order valence-corrected chi connectivity index (χ1v) is 8.73. The molecule has 2 aromatic heterocycles. The highest BCUT2D eigenvalue weighted by Crippen LogP contribution is 2.33. The fraction of sp³-hybridized carbons (Fsp3) is 0.706. The quantitative estimate of drug-likeness (QED) is 0.877. The summed E-state index contributed by atoms with van der Waals surface area (Å²) in [6.45, 7) is 11.8. The normalized spacial score (nSPS) is 21.5. The second-order valence-electron chi connectivity index (χ2n) is 7.36. The fourth-order valence-electron chi connectivity index (χ4n) is 3.23. The SMILES string of the molecule is CCn1cc([C@H]2OCC[C@@H]2CNCc2ncnn2C(C)(C)C)cn1. The third-order valence-corrected chi connectivity index (χ3v) is 4.46. The molecule has 0 bridgehead atoms. The van der Waals surface area contributed by atoms with Crippen LogP contribution in [0, 0.1) is 5.92 Å². The smallest absolute Gasteiger partial charge is 0.141 e. The molecule has 0 aliphatic carbocycles. The first-order valence-electron chi connectivity index (χ1n) is 8.73. The Balaban J connectivity index is 1.57. The van der Waals surface area contributed by atoms with Crippen LogP contribution in [-0.2, 0) is 23.4 Å². The molecule has 3 rings (SSSR count). The van der Waals surface area contributed by atoms with Crippen LogP contribution in [0.1, 0.15) is 51.6 Å². The molecule has 0 saturated carbocycles. The summed E-state index contributed by atoms with van der Waals surface area (Å²) in [4.78, 5) is 4.38. The van der Waals surface area contributed by atoms with Gasteiger partial charge in [-0.15, -0.1) is 0 Å². The predicted octanol–water partition coefficient (Wildman–Crippen LogP) is 2.12. The highest BCUT2D eigenvalue weighted by Gasteiger charge is 2.30. The molecular weight excluding hydrogens is 304 g/mol. The number of nitrogens with zero attached hydrogens (tertiary/aromatic N) is 5. The Morgan fingerprint density at radius 3 is 2.88 bits per heavy atom. The lowest BCUT2D eigenvalue weighted by Gasteiger charge is -2.22. The summed E-state index contributed by atoms with van der Waals surface area (Å²) >= 11 is 0. The van der Waals surface area contributed by atoms with Gasteiger partial charge in [0.05, 0.1) is 24.4 Å². The number of rotatable bonds is 6. The number of hydrogen-bond acceptors (Lipinski definition) is 5. The van der Waals surface area contributed by atoms with E-state index in [0.29, 0.717) is 12.5 Å². The van der Waals surface area contributed by atoms with Crippen molar-refractivity contribution in [1.82, 2.24) is 29.9 Å². The zero-order valence-corrected chi connectivity index (χ0v) is 15.1. The van der Waals surface area contributed by atoms with E-state index in [1.54, 1.807) is 6.33 Å². The number of hydrogen-bond donors (Lipinski definition) is 1. The predicted molar refractivity (Wildman–Crippen MR) is 91.4 cm³/mol. The van der Waals surface area contributed by atoms with E-state index in [1.807, 2.05) is 15.6 Å². The van der Waals surface area contributed by atoms with E-state index >= 15 is 0 Å². The van der Waals surface area contributed by atoms with Crippen molar-refractivity contribution in [3.8, 4) is 0 Å². The molecule has 2 atom stereocenters. The molecule has 24 heavy (non-hydrogen) atoms. The van der Waals surface area contributed by atoms with Gasteiger partial charge in [-0.3, -0.25) is 4.68 Å². The summed E-state index contributed by atoms with van der Waals surface area (Å²) in [6, 6.07) is 0. The van der Waals surface area contributed by atoms with E-state index in [-0.39, 0.29) is 11.6 Å². The zero-order valence-electron chi connectivity index (χ0n) is 15.1. The highest BCUT2D eigenvalue weighted by molar-refractivity contribution is 5.11. The molecule has 1 N–H and O–H groups in total. The molecule has 0 amide bonds. The monoisotopic (exact) mass is 332 g/mol. The van der Waals surface area contributed by atoms with E-state index < -0.39 is 0 Å². The third-order valence-electron chi connectivity index (χ3n) is 4.46. The van der Waals surface area contributed by atoms with Crippen LogP contribution in [-0.4, -0.2) is 37.7 Å². The van der Waals surface area contributed by atoms with E-state index in [4.69, 9.17) is 4.74 Å². The van der Waals surface area contributed by atoms with Crippen molar-refractivity contribution in [3.63, 3.8) is 0 Å². The second kappa shape index (κ2) is 7.03. The summed E-state index contributed by atoms with van der Waals surface area (Å²) in [6.07, 6.45) is 6.87. The first-order chi connectivity index (χ1) is 11.5. The minimum Gasteiger partial charge on any atom is -0.373 e. The molecule has 1 saturated heterocycles. The zero-order chi connectivity index (χ0) is 17.2. The van der Waals surface area contributed by atoms with Crippen molar-refractivity contribution in [3.05, 3.63) is 30.1 Å². The maximum absolute atomic E-state index is 5.95. The van der Waals surface area contributed by atoms with Gasteiger partial charge in [0.1, 0.15) is 12.2 Å². The van der Waals surface area contributed by atoms with Crippen molar-refractivity contribution in [2.75, 3.05) is 13.2 Å². The molecule has 7 heteroatoms. The molecule has 1 aliphatic rings. The molecule has 0 spiro atoms. The average molecular weight is 332 g/mol. The number of aromatic nitrogens is 5. The summed E-state index contributed by atoms with van der Waals surface area (Å²) in [5, 5.41) is 12.2. The molecular formula is C17H28N6O. The third kappa shape index (κ3) is 3.67. The van der Waals surface area contributed by atoms with Gasteiger partial charge in [-0.25, -0.2) is 9.67 Å². The summed E-state index contributed by atoms with van der Waals surface area (Å²) in [7, 11) is 0. The molecule has 0 radical (unpaired) electrons. The van der Waals surface area contributed by atoms with Crippen molar-refractivity contribution in [2.24, 2.45) is 5.92 Å². The van der Waals surface area contributed by atoms with E-state index in [0.717, 1.165) is 31.9 Å². The second-order valence-corrected chi connectivity index (χ2v) is 7.36. The van der Waals surface area contributed by atoms with Crippen LogP contribution in [0.5, 0.6) is 0 Å². The van der Waals surface area contributed by atoms with Crippen LogP contribution in [0.4, 0.5) is 0 Å². The first kappa shape index (κ1) is 17.1. The Hall–Kier alpha value is -1.73. The van der Waals surface area contributed by atoms with Crippen molar-refractivity contribution >= 4 is 0 Å². The molecule has 0 aromatic carbocycles. The van der Waals surface area contributed by atoms with Crippen molar-refractivity contribution in [1.29, 1.82) is 0 Å². The standard InChI is InChI=1S/C17H28N6O/c1-5-22-11-14(9-20-22)16-13(6-7-24-16)8-18-10-15-19-12-21-23(15)17(2,3)4/h9,11-13,16,18H,5-8,10H2,1-4H3/t13-,16+/m1/s1. The number of nitrogens with one attached hydrogen (secondary N) is 1. The van der Waals surface area contributed by atoms with Gasteiger partial charge in [-0.1, -0.05) is 0 Å². The number of ether oxygens (including phenoxy) is 1. The van der Waals surface area contributed by atoms with E-state index in [1.165, 1.54) is 5.56 Å². The Kier molecular flexibility index (Phi) is 5.01. The molecule has 7 nitrogen and oxygen atoms in total. The molecule has 132 valence electrons. The van der Waals surface area contributed by atoms with Crippen molar-refractivity contribution in [2.45, 2.75) is 58.8 Å². The Morgan fingerprint density at radius 1 is 1.33 bits per heavy atom. The lowest BCUT2D eigenvalue weighted by molar-refractivity contribution is 0.0902.